The van der Waals surface area contributed by atoms with Gasteiger partial charge in [0.05, 0.1) is 11.4 Å². The molecule has 1 aliphatic heterocycles. The minimum atomic E-state index is -0.328. The Morgan fingerprint density at radius 3 is 2.55 bits per heavy atom. The zero-order valence-electron chi connectivity index (χ0n) is 11.3. The van der Waals surface area contributed by atoms with Crippen LogP contribution in [0.4, 0.5) is 5.69 Å². The van der Waals surface area contributed by atoms with E-state index < -0.39 is 0 Å². The molecule has 4 heteroatoms. The predicted octanol–water partition coefficient (Wildman–Crippen LogP) is 2.51. The third-order valence-electron chi connectivity index (χ3n) is 2.90. The fourth-order valence-electron chi connectivity index (χ4n) is 2.07. The summed E-state index contributed by atoms with van der Waals surface area (Å²) >= 11 is 0. The highest BCUT2D eigenvalue weighted by Crippen LogP contribution is 2.25. The Kier molecular flexibility index (Phi) is 4.15. The molecular formula is C16H16N2O2. The van der Waals surface area contributed by atoms with Crippen LogP contribution in [0.2, 0.25) is 0 Å². The van der Waals surface area contributed by atoms with Gasteiger partial charge >= 0.3 is 0 Å². The van der Waals surface area contributed by atoms with Gasteiger partial charge in [-0.15, -0.1) is 0 Å². The fourth-order valence-corrected chi connectivity index (χ4v) is 2.07. The number of hydrogen-bond donors (Lipinski definition) is 1. The Morgan fingerprint density at radius 2 is 1.95 bits per heavy atom. The van der Waals surface area contributed by atoms with Crippen LogP contribution >= 0.6 is 0 Å². The molecule has 102 valence electrons. The molecule has 0 atom stereocenters. The number of para-hydroxylation sites is 1. The maximum Gasteiger partial charge on any atom is 0.241 e. The van der Waals surface area contributed by atoms with E-state index in [4.69, 9.17) is 0 Å². The van der Waals surface area contributed by atoms with Crippen molar-refractivity contribution in [1.82, 2.24) is 5.32 Å². The molecule has 0 spiro atoms. The van der Waals surface area contributed by atoms with Crippen LogP contribution in [-0.4, -0.2) is 11.8 Å². The molecule has 0 aliphatic carbocycles. The number of benzene rings is 1. The molecule has 1 aliphatic rings. The van der Waals surface area contributed by atoms with Crippen LogP contribution in [-0.2, 0) is 9.59 Å². The summed E-state index contributed by atoms with van der Waals surface area (Å²) in [5, 5.41) is 2.70. The van der Waals surface area contributed by atoms with Gasteiger partial charge in [-0.2, -0.15) is 0 Å². The summed E-state index contributed by atoms with van der Waals surface area (Å²) in [5.74, 6) is -0.594. The van der Waals surface area contributed by atoms with Crippen molar-refractivity contribution in [1.29, 1.82) is 0 Å². The van der Waals surface area contributed by atoms with Gasteiger partial charge in [0.25, 0.3) is 0 Å². The molecule has 1 heterocycles. The quantitative estimate of drug-likeness (QED) is 0.856. The van der Waals surface area contributed by atoms with E-state index in [0.29, 0.717) is 11.4 Å². The molecule has 20 heavy (non-hydrogen) atoms. The van der Waals surface area contributed by atoms with Crippen molar-refractivity contribution in [3.05, 3.63) is 66.5 Å². The van der Waals surface area contributed by atoms with Gasteiger partial charge in [0.2, 0.25) is 11.8 Å². The molecule has 0 radical (unpaired) electrons. The van der Waals surface area contributed by atoms with Crippen LogP contribution in [0.25, 0.3) is 0 Å². The van der Waals surface area contributed by atoms with Crippen molar-refractivity contribution in [2.75, 3.05) is 4.90 Å². The van der Waals surface area contributed by atoms with Gasteiger partial charge < -0.3 is 5.32 Å². The molecular weight excluding hydrogens is 252 g/mol. The summed E-state index contributed by atoms with van der Waals surface area (Å²) in [5.41, 5.74) is 1.87. The molecule has 1 aromatic rings. The second-order valence-corrected chi connectivity index (χ2v) is 4.29. The maximum atomic E-state index is 12.3. The second kappa shape index (κ2) is 6.02. The Balaban J connectivity index is 2.62. The van der Waals surface area contributed by atoms with Crippen molar-refractivity contribution < 1.29 is 9.59 Å². The van der Waals surface area contributed by atoms with Crippen molar-refractivity contribution in [3.63, 3.8) is 0 Å². The zero-order valence-corrected chi connectivity index (χ0v) is 11.3. The molecule has 1 aromatic carbocycles. The van der Waals surface area contributed by atoms with Crippen molar-refractivity contribution in [3.8, 4) is 0 Å². The highest BCUT2D eigenvalue weighted by Gasteiger charge is 2.27. The minimum Gasteiger partial charge on any atom is -0.324 e. The van der Waals surface area contributed by atoms with Gasteiger partial charge in [-0.3, -0.25) is 14.5 Å². The molecule has 0 unspecified atom stereocenters. The highest BCUT2D eigenvalue weighted by molar-refractivity contribution is 6.09. The number of nitrogens with zero attached hydrogens (tertiary/aromatic N) is 1. The van der Waals surface area contributed by atoms with E-state index in [1.165, 1.54) is 4.90 Å². The smallest absolute Gasteiger partial charge is 0.241 e. The highest BCUT2D eigenvalue weighted by atomic mass is 16.2. The summed E-state index contributed by atoms with van der Waals surface area (Å²) in [6.45, 7) is 5.56. The molecule has 0 fully saturated rings. The van der Waals surface area contributed by atoms with E-state index in [1.54, 1.807) is 12.2 Å². The van der Waals surface area contributed by atoms with E-state index in [-0.39, 0.29) is 18.2 Å². The topological polar surface area (TPSA) is 49.4 Å². The third-order valence-corrected chi connectivity index (χ3v) is 2.90. The van der Waals surface area contributed by atoms with Crippen LogP contribution in [0.1, 0.15) is 13.3 Å². The van der Waals surface area contributed by atoms with E-state index in [2.05, 4.69) is 11.9 Å². The van der Waals surface area contributed by atoms with Crippen LogP contribution in [0.15, 0.2) is 66.5 Å². The lowest BCUT2D eigenvalue weighted by molar-refractivity contribution is -0.126. The Bertz CT molecular complexity index is 600. The predicted molar refractivity (Wildman–Crippen MR) is 78.7 cm³/mol. The Morgan fingerprint density at radius 1 is 1.25 bits per heavy atom. The van der Waals surface area contributed by atoms with Gasteiger partial charge in [0.1, 0.15) is 6.42 Å². The SMILES string of the molecule is C=CC1=C(/C=C\C)N(c2ccccc2)C(=O)CC(=O)N1. The first kappa shape index (κ1) is 13.8. The second-order valence-electron chi connectivity index (χ2n) is 4.29. The molecule has 0 saturated carbocycles. The van der Waals surface area contributed by atoms with Crippen LogP contribution in [0, 0.1) is 0 Å². The Hall–Kier alpha value is -2.62. The van der Waals surface area contributed by atoms with E-state index >= 15 is 0 Å². The van der Waals surface area contributed by atoms with Gasteiger partial charge in [-0.1, -0.05) is 30.9 Å². The summed E-state index contributed by atoms with van der Waals surface area (Å²) in [4.78, 5) is 25.6. The lowest BCUT2D eigenvalue weighted by Gasteiger charge is -2.23. The van der Waals surface area contributed by atoms with E-state index in [0.717, 1.165) is 5.69 Å². The van der Waals surface area contributed by atoms with Gasteiger partial charge in [0.15, 0.2) is 0 Å². The molecule has 0 saturated heterocycles. The van der Waals surface area contributed by atoms with Crippen molar-refractivity contribution >= 4 is 17.5 Å². The summed E-state index contributed by atoms with van der Waals surface area (Å²) in [6, 6.07) is 9.24. The minimum absolute atomic E-state index is 0.187. The largest absolute Gasteiger partial charge is 0.324 e. The van der Waals surface area contributed by atoms with Gasteiger partial charge in [0, 0.05) is 5.69 Å². The lowest BCUT2D eigenvalue weighted by Crippen LogP contribution is -2.29. The van der Waals surface area contributed by atoms with Crippen molar-refractivity contribution in [2.45, 2.75) is 13.3 Å². The van der Waals surface area contributed by atoms with Crippen molar-refractivity contribution in [2.24, 2.45) is 0 Å². The molecule has 0 aromatic heterocycles. The van der Waals surface area contributed by atoms with E-state index in [9.17, 15) is 9.59 Å². The first-order valence-electron chi connectivity index (χ1n) is 6.34. The number of amides is 2. The average molecular weight is 268 g/mol. The number of carbonyl (C=O) groups excluding carboxylic acids is 2. The van der Waals surface area contributed by atoms with Crippen LogP contribution in [0.5, 0.6) is 0 Å². The maximum absolute atomic E-state index is 12.3. The van der Waals surface area contributed by atoms with Gasteiger partial charge in [-0.25, -0.2) is 0 Å². The first-order chi connectivity index (χ1) is 9.67. The molecule has 2 amide bonds. The van der Waals surface area contributed by atoms with E-state index in [1.807, 2.05) is 43.3 Å². The number of carbonyl (C=O) groups is 2. The zero-order chi connectivity index (χ0) is 14.5. The lowest BCUT2D eigenvalue weighted by atomic mass is 10.2. The third kappa shape index (κ3) is 2.69. The first-order valence-corrected chi connectivity index (χ1v) is 6.34. The monoisotopic (exact) mass is 268 g/mol. The van der Waals surface area contributed by atoms with Crippen LogP contribution in [0.3, 0.4) is 0 Å². The van der Waals surface area contributed by atoms with Crippen LogP contribution < -0.4 is 10.2 Å². The molecule has 1 N–H and O–H groups in total. The summed E-state index contributed by atoms with van der Waals surface area (Å²) in [6.07, 6.45) is 4.96. The number of allylic oxidation sites excluding steroid dienone is 3. The number of hydrogen-bond acceptors (Lipinski definition) is 2. The number of nitrogens with one attached hydrogen (secondary N) is 1. The summed E-state index contributed by atoms with van der Waals surface area (Å²) in [7, 11) is 0. The molecule has 2 rings (SSSR count). The molecule has 0 bridgehead atoms. The average Bonchev–Trinajstić information content (AvgIpc) is 2.56. The molecule has 4 nitrogen and oxygen atoms in total. The van der Waals surface area contributed by atoms with Gasteiger partial charge in [-0.05, 0) is 31.2 Å². The standard InChI is InChI=1S/C16H16N2O2/c1-3-8-14-13(4-2)17-15(19)11-16(20)18(14)12-9-6-5-7-10-12/h3-10H,2,11H2,1H3,(H,17,19)/b8-3-. The summed E-state index contributed by atoms with van der Waals surface area (Å²) < 4.78 is 0. The normalized spacial score (nSPS) is 16.4. The number of rotatable bonds is 3. The fraction of sp³-hybridized carbons (Fsp3) is 0.125. The Labute approximate surface area is 118 Å². The number of anilines is 1.